The van der Waals surface area contributed by atoms with E-state index >= 15 is 0 Å². The van der Waals surface area contributed by atoms with Crippen LogP contribution in [0.1, 0.15) is 56.9 Å². The monoisotopic (exact) mass is 738 g/mol. The molecule has 0 bridgehead atoms. The van der Waals surface area contributed by atoms with E-state index in [2.05, 4.69) is 15.3 Å². The highest BCUT2D eigenvalue weighted by Gasteiger charge is 2.32. The van der Waals surface area contributed by atoms with Gasteiger partial charge in [0.2, 0.25) is 21.9 Å². The van der Waals surface area contributed by atoms with Crippen molar-refractivity contribution in [2.45, 2.75) is 64.4 Å². The molecular weight excluding hydrogens is 693 g/mol. The first-order valence-corrected chi connectivity index (χ1v) is 19.1. The average Bonchev–Trinajstić information content (AvgIpc) is 3.14. The number of carbonyl (C=O) groups excluding carboxylic acids is 1. The highest BCUT2D eigenvalue weighted by atomic mass is 32.2. The number of likely N-dealkylation sites (tertiary alicyclic amines) is 1. The van der Waals surface area contributed by atoms with Gasteiger partial charge in [0, 0.05) is 49.4 Å². The van der Waals surface area contributed by atoms with Crippen molar-refractivity contribution in [1.82, 2.24) is 19.9 Å². The summed E-state index contributed by atoms with van der Waals surface area (Å²) in [5.74, 6) is 1.28. The molecule has 13 heteroatoms. The van der Waals surface area contributed by atoms with Crippen molar-refractivity contribution in [1.29, 1.82) is 0 Å². The zero-order valence-electron chi connectivity index (χ0n) is 30.9. The Morgan fingerprint density at radius 3 is 2.53 bits per heavy atom. The molecule has 0 radical (unpaired) electrons. The van der Waals surface area contributed by atoms with Crippen LogP contribution in [0, 0.1) is 6.92 Å². The summed E-state index contributed by atoms with van der Waals surface area (Å²) in [5, 5.41) is 3.96. The summed E-state index contributed by atoms with van der Waals surface area (Å²) in [6.07, 6.45) is 4.67. The number of aromatic nitrogens is 3. The molecule has 1 aliphatic rings. The maximum absolute atomic E-state index is 14.1. The average molecular weight is 739 g/mol. The lowest BCUT2D eigenvalue weighted by Crippen LogP contribution is -2.47. The highest BCUT2D eigenvalue weighted by Crippen LogP contribution is 2.41. The molecular formula is C40H46N6O6S. The number of pyridine rings is 1. The van der Waals surface area contributed by atoms with Gasteiger partial charge in [-0.25, -0.2) is 32.5 Å². The van der Waals surface area contributed by atoms with Crippen LogP contribution in [0.15, 0.2) is 91.3 Å². The molecule has 0 aliphatic carbocycles. The molecule has 0 saturated carbocycles. The SMILES string of the molecule is COCN(c1cccc2c(Oc3ncccc3-c3ccnc(NC4CCCN(C(=O)OC(C)(C)C)C4)n3)c(C)ccc12)S(=O)(=O)[C@H](C)c1ccccc1. The molecule has 5 aromatic rings. The lowest BCUT2D eigenvalue weighted by molar-refractivity contribution is 0.0206. The summed E-state index contributed by atoms with van der Waals surface area (Å²) in [4.78, 5) is 28.3. The van der Waals surface area contributed by atoms with Crippen LogP contribution < -0.4 is 14.4 Å². The molecule has 1 fully saturated rings. The zero-order valence-corrected chi connectivity index (χ0v) is 31.8. The number of rotatable bonds is 11. The number of aryl methyl sites for hydroxylation is 1. The van der Waals surface area contributed by atoms with Crippen molar-refractivity contribution < 1.29 is 27.4 Å². The van der Waals surface area contributed by atoms with Gasteiger partial charge in [0.05, 0.1) is 16.9 Å². The lowest BCUT2D eigenvalue weighted by Gasteiger charge is -2.34. The molecule has 0 spiro atoms. The van der Waals surface area contributed by atoms with Crippen LogP contribution in [0.2, 0.25) is 0 Å². The van der Waals surface area contributed by atoms with Crippen molar-refractivity contribution in [3.8, 4) is 22.9 Å². The third kappa shape index (κ3) is 8.52. The van der Waals surface area contributed by atoms with Crippen molar-refractivity contribution in [2.24, 2.45) is 0 Å². The molecule has 1 N–H and O–H groups in total. The molecule has 1 amide bonds. The third-order valence-electron chi connectivity index (χ3n) is 9.03. The second-order valence-electron chi connectivity index (χ2n) is 14.1. The van der Waals surface area contributed by atoms with Gasteiger partial charge in [-0.05, 0) is 82.9 Å². The number of ether oxygens (including phenoxy) is 3. The molecule has 12 nitrogen and oxygen atoms in total. The van der Waals surface area contributed by atoms with E-state index in [-0.39, 0.29) is 18.9 Å². The first-order valence-electron chi connectivity index (χ1n) is 17.6. The number of nitrogens with zero attached hydrogens (tertiary/aromatic N) is 5. The number of methoxy groups -OCH3 is 1. The number of carbonyl (C=O) groups is 1. The van der Waals surface area contributed by atoms with Gasteiger partial charge in [0.25, 0.3) is 0 Å². The molecule has 2 atom stereocenters. The molecule has 1 saturated heterocycles. The number of nitrogens with one attached hydrogen (secondary N) is 1. The molecule has 2 aromatic heterocycles. The molecule has 278 valence electrons. The second-order valence-corrected chi connectivity index (χ2v) is 16.3. The van der Waals surface area contributed by atoms with Crippen molar-refractivity contribution in [2.75, 3.05) is 36.6 Å². The molecule has 1 aliphatic heterocycles. The fourth-order valence-corrected chi connectivity index (χ4v) is 7.94. The molecule has 53 heavy (non-hydrogen) atoms. The first-order chi connectivity index (χ1) is 25.4. The number of anilines is 2. The normalized spacial score (nSPS) is 15.5. The van der Waals surface area contributed by atoms with E-state index in [1.165, 1.54) is 11.4 Å². The summed E-state index contributed by atoms with van der Waals surface area (Å²) in [5.41, 5.74) is 2.65. The number of hydrogen-bond acceptors (Lipinski definition) is 10. The predicted octanol–water partition coefficient (Wildman–Crippen LogP) is 8.11. The van der Waals surface area contributed by atoms with E-state index in [1.807, 2.05) is 94.4 Å². The minimum atomic E-state index is -3.91. The van der Waals surface area contributed by atoms with Gasteiger partial charge in [-0.3, -0.25) is 0 Å². The van der Waals surface area contributed by atoms with Crippen LogP contribution in [0.25, 0.3) is 22.0 Å². The quantitative estimate of drug-likeness (QED) is 0.132. The molecule has 3 aromatic carbocycles. The Hall–Kier alpha value is -5.27. The van der Waals surface area contributed by atoms with Gasteiger partial charge in [-0.2, -0.15) is 0 Å². The Kier molecular flexibility index (Phi) is 11.2. The summed E-state index contributed by atoms with van der Waals surface area (Å²) in [6, 6.07) is 23.8. The van der Waals surface area contributed by atoms with Gasteiger partial charge in [0.15, 0.2) is 0 Å². The molecule has 6 rings (SSSR count). The van der Waals surface area contributed by atoms with Crippen molar-refractivity contribution in [3.63, 3.8) is 0 Å². The number of piperidine rings is 1. The van der Waals surface area contributed by atoms with Crippen LogP contribution in [-0.2, 0) is 19.5 Å². The van der Waals surface area contributed by atoms with E-state index in [0.717, 1.165) is 18.4 Å². The van der Waals surface area contributed by atoms with Crippen LogP contribution in [0.4, 0.5) is 16.4 Å². The van der Waals surface area contributed by atoms with E-state index in [0.29, 0.717) is 63.9 Å². The second kappa shape index (κ2) is 15.8. The summed E-state index contributed by atoms with van der Waals surface area (Å²) >= 11 is 0. The van der Waals surface area contributed by atoms with E-state index in [9.17, 15) is 13.2 Å². The standard InChI is InChI=1S/C40H46N6O6S/c1-27-19-20-31-32(16-10-18-35(31)46(26-50-6)53(48,49)28(2)29-13-8-7-9-14-29)36(27)51-37-33(17-11-22-41-37)34-21-23-42-38(44-34)43-30-15-12-24-45(25-30)39(47)52-40(3,4)5/h7-11,13-14,16-23,28,30H,12,15,24-26H2,1-6H3,(H,42,43,44)/t28-,30?/m1/s1. The van der Waals surface area contributed by atoms with Gasteiger partial charge in [-0.1, -0.05) is 54.6 Å². The predicted molar refractivity (Wildman–Crippen MR) is 207 cm³/mol. The number of fused-ring (bicyclic) bond motifs is 1. The minimum Gasteiger partial charge on any atom is -0.444 e. The van der Waals surface area contributed by atoms with Gasteiger partial charge < -0.3 is 24.4 Å². The Balaban J connectivity index is 1.29. The number of sulfonamides is 1. The fraction of sp³-hybridized carbons (Fsp3) is 0.350. The minimum absolute atomic E-state index is 0.0548. The summed E-state index contributed by atoms with van der Waals surface area (Å²) < 4.78 is 47.2. The number of benzene rings is 3. The van der Waals surface area contributed by atoms with Crippen LogP contribution in [0.5, 0.6) is 11.6 Å². The van der Waals surface area contributed by atoms with Gasteiger partial charge in [-0.15, -0.1) is 0 Å². The summed E-state index contributed by atoms with van der Waals surface area (Å²) in [6.45, 7) is 10.1. The fourth-order valence-electron chi connectivity index (χ4n) is 6.37. The summed E-state index contributed by atoms with van der Waals surface area (Å²) in [7, 11) is -2.43. The van der Waals surface area contributed by atoms with Crippen molar-refractivity contribution >= 4 is 38.5 Å². The van der Waals surface area contributed by atoms with E-state index < -0.39 is 20.9 Å². The van der Waals surface area contributed by atoms with Gasteiger partial charge in [0.1, 0.15) is 23.3 Å². The van der Waals surface area contributed by atoms with E-state index in [4.69, 9.17) is 19.2 Å². The van der Waals surface area contributed by atoms with E-state index in [1.54, 1.807) is 36.4 Å². The lowest BCUT2D eigenvalue weighted by atomic mass is 10.0. The van der Waals surface area contributed by atoms with Crippen LogP contribution >= 0.6 is 0 Å². The Bertz CT molecular complexity index is 2180. The maximum atomic E-state index is 14.1. The first kappa shape index (κ1) is 37.5. The number of amides is 1. The molecule has 3 heterocycles. The topological polar surface area (TPSA) is 136 Å². The molecule has 1 unspecified atom stereocenters. The van der Waals surface area contributed by atoms with Gasteiger partial charge >= 0.3 is 6.09 Å². The van der Waals surface area contributed by atoms with Crippen LogP contribution in [0.3, 0.4) is 0 Å². The third-order valence-corrected chi connectivity index (χ3v) is 11.1. The number of hydrogen-bond donors (Lipinski definition) is 1. The highest BCUT2D eigenvalue weighted by molar-refractivity contribution is 7.93. The van der Waals surface area contributed by atoms with Crippen molar-refractivity contribution in [3.05, 3.63) is 102 Å². The smallest absolute Gasteiger partial charge is 0.410 e. The Labute approximate surface area is 311 Å². The Morgan fingerprint density at radius 2 is 1.77 bits per heavy atom. The largest absolute Gasteiger partial charge is 0.444 e. The Morgan fingerprint density at radius 1 is 0.981 bits per heavy atom. The van der Waals surface area contributed by atoms with Crippen LogP contribution in [-0.4, -0.2) is 72.9 Å². The maximum Gasteiger partial charge on any atom is 0.410 e. The zero-order chi connectivity index (χ0) is 37.8.